The van der Waals surface area contributed by atoms with Gasteiger partial charge in [-0.1, -0.05) is 54.6 Å². The van der Waals surface area contributed by atoms with Gasteiger partial charge >= 0.3 is 14.8 Å². The fourth-order valence-electron chi connectivity index (χ4n) is 3.41. The summed E-state index contributed by atoms with van der Waals surface area (Å²) in [5.74, 6) is 0.518. The van der Waals surface area contributed by atoms with Gasteiger partial charge in [-0.2, -0.15) is 0 Å². The van der Waals surface area contributed by atoms with Gasteiger partial charge < -0.3 is 24.6 Å². The molecule has 4 aromatic carbocycles. The molecule has 5 nitrogen and oxygen atoms in total. The molecule has 0 unspecified atom stereocenters. The second-order valence-corrected chi connectivity index (χ2v) is 6.93. The van der Waals surface area contributed by atoms with Gasteiger partial charge in [0.05, 0.1) is 0 Å². The van der Waals surface area contributed by atoms with Crippen molar-refractivity contribution in [2.24, 2.45) is 0 Å². The van der Waals surface area contributed by atoms with Crippen LogP contribution in [0.25, 0.3) is 11.1 Å². The number of hydrogen-bond acceptors (Lipinski definition) is 5. The number of hydrogen-bond donors (Lipinski definition) is 3. The summed E-state index contributed by atoms with van der Waals surface area (Å²) in [6.07, 6.45) is 0. The normalized spacial score (nSPS) is 10.4. The second-order valence-electron chi connectivity index (χ2n) is 6.93. The van der Waals surface area contributed by atoms with E-state index in [1.54, 1.807) is 24.3 Å². The summed E-state index contributed by atoms with van der Waals surface area (Å²) in [4.78, 5) is 2.05. The molecule has 0 amide bonds. The van der Waals surface area contributed by atoms with Crippen molar-refractivity contribution in [2.45, 2.75) is 0 Å². The molecule has 0 saturated carbocycles. The van der Waals surface area contributed by atoms with E-state index >= 15 is 0 Å². The van der Waals surface area contributed by atoms with Crippen molar-refractivity contribution in [3.63, 3.8) is 0 Å². The van der Waals surface area contributed by atoms with Crippen molar-refractivity contribution < 1.29 is 19.7 Å². The van der Waals surface area contributed by atoms with Gasteiger partial charge in [0, 0.05) is 17.1 Å². The highest BCUT2D eigenvalue weighted by Gasteiger charge is 2.15. The van der Waals surface area contributed by atoms with E-state index in [0.29, 0.717) is 18.9 Å². The molecule has 1 radical (unpaired) electrons. The van der Waals surface area contributed by atoms with Crippen LogP contribution in [-0.4, -0.2) is 29.9 Å². The molecule has 0 aliphatic carbocycles. The zero-order valence-electron chi connectivity index (χ0n) is 16.7. The lowest BCUT2D eigenvalue weighted by atomic mass is 9.80. The molecule has 0 aliphatic rings. The molecule has 7 heteroatoms. The highest BCUT2D eigenvalue weighted by molar-refractivity contribution is 6.58. The first kappa shape index (κ1) is 20.8. The molecule has 31 heavy (non-hydrogen) atoms. The molecule has 0 aliphatic heterocycles. The average Bonchev–Trinajstić information content (AvgIpc) is 2.82. The largest absolute Gasteiger partial charge is 0.569 e. The fraction of sp³-hybridized carbons (Fsp3) is 0. The van der Waals surface area contributed by atoms with Crippen LogP contribution in [0.1, 0.15) is 0 Å². The minimum Gasteiger partial charge on any atom is -0.537 e. The fourth-order valence-corrected chi connectivity index (χ4v) is 3.41. The third-order valence-corrected chi connectivity index (χ3v) is 4.97. The van der Waals surface area contributed by atoms with Gasteiger partial charge in [0.25, 0.3) is 0 Å². The molecule has 0 saturated heterocycles. The summed E-state index contributed by atoms with van der Waals surface area (Å²) in [5.41, 5.74) is 5.37. The first-order chi connectivity index (χ1) is 15.2. The van der Waals surface area contributed by atoms with Crippen LogP contribution in [0.4, 0.5) is 17.1 Å². The monoisotopic (exact) mass is 408 g/mol. The molecule has 151 valence electrons. The van der Waals surface area contributed by atoms with Crippen LogP contribution >= 0.6 is 0 Å². The van der Waals surface area contributed by atoms with E-state index in [4.69, 9.17) is 9.68 Å². The molecule has 4 aromatic rings. The smallest absolute Gasteiger partial charge is 0.537 e. The van der Waals surface area contributed by atoms with Gasteiger partial charge in [0.15, 0.2) is 0 Å². The minimum atomic E-state index is -1.51. The molecule has 0 aromatic heterocycles. The van der Waals surface area contributed by atoms with E-state index in [1.807, 2.05) is 54.6 Å². The summed E-state index contributed by atoms with van der Waals surface area (Å²) in [5, 5.41) is 27.7. The highest BCUT2D eigenvalue weighted by atomic mass is 16.5. The number of benzene rings is 4. The van der Waals surface area contributed by atoms with Gasteiger partial charge in [-0.3, -0.25) is 0 Å². The van der Waals surface area contributed by atoms with E-state index in [-0.39, 0.29) is 0 Å². The SMILES string of the molecule is O[B]Oc1ccc(N(c2ccc(B(O)O)cc2)c2ccc(-c3ccccc3)cc2)cc1. The lowest BCUT2D eigenvalue weighted by Crippen LogP contribution is -2.29. The molecular weight excluding hydrogens is 388 g/mol. The van der Waals surface area contributed by atoms with Crippen molar-refractivity contribution in [3.05, 3.63) is 103 Å². The predicted octanol–water partition coefficient (Wildman–Crippen LogP) is 3.41. The van der Waals surface area contributed by atoms with Gasteiger partial charge in [-0.15, -0.1) is 0 Å². The number of nitrogens with zero attached hydrogens (tertiary/aromatic N) is 1. The third-order valence-electron chi connectivity index (χ3n) is 4.97. The van der Waals surface area contributed by atoms with Crippen LogP contribution in [-0.2, 0) is 0 Å². The first-order valence-electron chi connectivity index (χ1n) is 9.80. The van der Waals surface area contributed by atoms with E-state index < -0.39 is 7.12 Å². The standard InChI is InChI=1S/C24H20B2NO4/c28-25-31-24-16-14-23(15-17-24)27(22-12-8-20(9-13-22)26(29)30)21-10-6-19(7-11-21)18-4-2-1-3-5-18/h1-17,28-30H. The highest BCUT2D eigenvalue weighted by Crippen LogP contribution is 2.36. The van der Waals surface area contributed by atoms with Crippen LogP contribution in [0.3, 0.4) is 0 Å². The van der Waals surface area contributed by atoms with E-state index in [0.717, 1.165) is 28.2 Å². The van der Waals surface area contributed by atoms with Crippen LogP contribution in [0.15, 0.2) is 103 Å². The van der Waals surface area contributed by atoms with Crippen LogP contribution in [0.5, 0.6) is 5.75 Å². The molecule has 4 rings (SSSR count). The minimum absolute atomic E-state index is 0.422. The van der Waals surface area contributed by atoms with E-state index in [2.05, 4.69) is 29.2 Å². The maximum atomic E-state index is 9.41. The molecule has 0 atom stereocenters. The maximum Gasteiger partial charge on any atom is 0.569 e. The topological polar surface area (TPSA) is 73.2 Å². The molecule has 0 heterocycles. The Morgan fingerprint density at radius 3 is 1.61 bits per heavy atom. The Kier molecular flexibility index (Phi) is 6.38. The number of anilines is 3. The average molecular weight is 408 g/mol. The Bertz CT molecular complexity index is 1100. The summed E-state index contributed by atoms with van der Waals surface area (Å²) in [7, 11) is -0.868. The lowest BCUT2D eigenvalue weighted by Gasteiger charge is -2.26. The Balaban J connectivity index is 1.72. The molecule has 0 fully saturated rings. The van der Waals surface area contributed by atoms with Gasteiger partial charge in [-0.25, -0.2) is 0 Å². The van der Waals surface area contributed by atoms with Crippen molar-refractivity contribution in [3.8, 4) is 16.9 Å². The van der Waals surface area contributed by atoms with Crippen molar-refractivity contribution in [2.75, 3.05) is 4.90 Å². The van der Waals surface area contributed by atoms with Gasteiger partial charge in [0.1, 0.15) is 5.75 Å². The zero-order valence-corrected chi connectivity index (χ0v) is 16.7. The van der Waals surface area contributed by atoms with E-state index in [9.17, 15) is 10.0 Å². The Morgan fingerprint density at radius 2 is 1.10 bits per heavy atom. The van der Waals surface area contributed by atoms with Crippen LogP contribution in [0, 0.1) is 0 Å². The molecule has 0 spiro atoms. The van der Waals surface area contributed by atoms with Crippen molar-refractivity contribution in [1.82, 2.24) is 0 Å². The Morgan fingerprint density at radius 1 is 0.613 bits per heavy atom. The summed E-state index contributed by atoms with van der Waals surface area (Å²) in [6.45, 7) is 0. The zero-order chi connectivity index (χ0) is 21.6. The van der Waals surface area contributed by atoms with Crippen LogP contribution < -0.4 is 15.0 Å². The molecule has 3 N–H and O–H groups in total. The van der Waals surface area contributed by atoms with Gasteiger partial charge in [0.2, 0.25) is 0 Å². The maximum absolute atomic E-state index is 9.41. The molecular formula is C24H20B2NO4. The summed E-state index contributed by atoms with van der Waals surface area (Å²) in [6, 6.07) is 32.7. The predicted molar refractivity (Wildman–Crippen MR) is 125 cm³/mol. The molecule has 0 bridgehead atoms. The first-order valence-corrected chi connectivity index (χ1v) is 9.80. The van der Waals surface area contributed by atoms with Crippen LogP contribution in [0.2, 0.25) is 0 Å². The second kappa shape index (κ2) is 9.53. The van der Waals surface area contributed by atoms with Crippen molar-refractivity contribution in [1.29, 1.82) is 0 Å². The van der Waals surface area contributed by atoms with E-state index in [1.165, 1.54) is 0 Å². The summed E-state index contributed by atoms with van der Waals surface area (Å²) < 4.78 is 5.02. The van der Waals surface area contributed by atoms with Gasteiger partial charge in [-0.05, 0) is 65.1 Å². The Labute approximate surface area is 182 Å². The summed E-state index contributed by atoms with van der Waals surface area (Å²) >= 11 is 0. The number of rotatable bonds is 7. The van der Waals surface area contributed by atoms with Crippen molar-refractivity contribution >= 4 is 37.3 Å². The lowest BCUT2D eigenvalue weighted by molar-refractivity contribution is 0.425. The quantitative estimate of drug-likeness (QED) is 0.409. The Hall–Kier alpha value is -3.51. The third kappa shape index (κ3) is 4.81.